The molecule has 8 heteroatoms. The summed E-state index contributed by atoms with van der Waals surface area (Å²) in [5.41, 5.74) is 0.587. The Balaban J connectivity index is 3.23. The molecule has 0 aliphatic heterocycles. The van der Waals surface area contributed by atoms with Gasteiger partial charge in [-0.1, -0.05) is 0 Å². The second kappa shape index (κ2) is 5.89. The van der Waals surface area contributed by atoms with E-state index in [0.717, 1.165) is 4.31 Å². The minimum absolute atomic E-state index is 0.159. The molecule has 1 rings (SSSR count). The summed E-state index contributed by atoms with van der Waals surface area (Å²) in [4.78, 5) is 13.0. The number of sulfonamides is 1. The molecule has 0 aliphatic carbocycles. The van der Waals surface area contributed by atoms with E-state index in [0.29, 0.717) is 10.2 Å². The van der Waals surface area contributed by atoms with Crippen LogP contribution < -0.4 is 10.2 Å². The van der Waals surface area contributed by atoms with Crippen molar-refractivity contribution in [3.63, 3.8) is 0 Å². The number of benzene rings is 1. The summed E-state index contributed by atoms with van der Waals surface area (Å²) in [6.45, 7) is 0. The predicted octanol–water partition coefficient (Wildman–Crippen LogP) is 1.47. The summed E-state index contributed by atoms with van der Waals surface area (Å²) in [5, 5.41) is 2.49. The number of urea groups is 1. The first kappa shape index (κ1) is 15.9. The van der Waals surface area contributed by atoms with Crippen LogP contribution in [0.15, 0.2) is 27.6 Å². The number of nitrogens with zero attached hydrogens (tertiary/aromatic N) is 2. The molecule has 1 N–H and O–H groups in total. The molecule has 0 fully saturated rings. The summed E-state index contributed by atoms with van der Waals surface area (Å²) in [6, 6.07) is 4.35. The van der Waals surface area contributed by atoms with Crippen molar-refractivity contribution in [2.45, 2.75) is 4.90 Å². The molecule has 0 saturated heterocycles. The number of amides is 2. The van der Waals surface area contributed by atoms with Crippen LogP contribution in [0.2, 0.25) is 0 Å². The molecule has 0 atom stereocenters. The first-order chi connectivity index (χ1) is 8.71. The quantitative estimate of drug-likeness (QED) is 0.898. The van der Waals surface area contributed by atoms with Crippen LogP contribution in [0.5, 0.6) is 0 Å². The summed E-state index contributed by atoms with van der Waals surface area (Å²) < 4.78 is 25.6. The lowest BCUT2D eigenvalue weighted by Crippen LogP contribution is -2.34. The van der Waals surface area contributed by atoms with Crippen LogP contribution >= 0.6 is 15.9 Å². The van der Waals surface area contributed by atoms with Gasteiger partial charge in [0.05, 0.1) is 4.90 Å². The monoisotopic (exact) mass is 349 g/mol. The number of nitrogens with one attached hydrogen (secondary N) is 1. The maximum Gasteiger partial charge on any atom is 0.321 e. The van der Waals surface area contributed by atoms with Crippen LogP contribution in [0.4, 0.5) is 10.5 Å². The van der Waals surface area contributed by atoms with Crippen LogP contribution in [0.25, 0.3) is 0 Å². The normalized spacial score (nSPS) is 11.5. The van der Waals surface area contributed by atoms with Gasteiger partial charge in [0.15, 0.2) is 0 Å². The van der Waals surface area contributed by atoms with Gasteiger partial charge in [-0.05, 0) is 34.1 Å². The van der Waals surface area contributed by atoms with Crippen molar-refractivity contribution >= 4 is 37.7 Å². The molecule has 19 heavy (non-hydrogen) atoms. The minimum Gasteiger partial charge on any atom is -0.341 e. The Labute approximate surface area is 121 Å². The highest BCUT2D eigenvalue weighted by molar-refractivity contribution is 9.10. The van der Waals surface area contributed by atoms with Crippen molar-refractivity contribution in [2.75, 3.05) is 33.1 Å². The maximum absolute atomic E-state index is 12.0. The molecule has 0 radical (unpaired) electrons. The molecule has 106 valence electrons. The molecule has 0 unspecified atom stereocenters. The lowest BCUT2D eigenvalue weighted by atomic mass is 10.3. The number of rotatable bonds is 3. The van der Waals surface area contributed by atoms with Gasteiger partial charge in [-0.25, -0.2) is 17.5 Å². The average Bonchev–Trinajstić information content (AvgIpc) is 2.36. The highest BCUT2D eigenvalue weighted by Gasteiger charge is 2.21. The Kier molecular flexibility index (Phi) is 4.94. The van der Waals surface area contributed by atoms with E-state index < -0.39 is 10.0 Å². The molecule has 0 heterocycles. The number of hydrogen-bond donors (Lipinski definition) is 1. The van der Waals surface area contributed by atoms with E-state index >= 15 is 0 Å². The van der Waals surface area contributed by atoms with Crippen LogP contribution in [0.3, 0.4) is 0 Å². The van der Waals surface area contributed by atoms with Crippen LogP contribution in [0.1, 0.15) is 0 Å². The summed E-state index contributed by atoms with van der Waals surface area (Å²) in [7, 11) is 2.55. The standard InChI is InChI=1S/C11H16BrN3O3S/c1-13-11(16)15(4)8-5-6-10(9(12)7-8)19(17,18)14(2)3/h5-7H,1-4H3,(H,13,16). The predicted molar refractivity (Wildman–Crippen MR) is 77.9 cm³/mol. The molecule has 6 nitrogen and oxygen atoms in total. The van der Waals surface area contributed by atoms with E-state index in [1.165, 1.54) is 32.1 Å². The van der Waals surface area contributed by atoms with Gasteiger partial charge in [0.2, 0.25) is 10.0 Å². The first-order valence-corrected chi connectivity index (χ1v) is 7.62. The zero-order valence-electron chi connectivity index (χ0n) is 11.1. The Morgan fingerprint density at radius 3 is 2.26 bits per heavy atom. The van der Waals surface area contributed by atoms with Gasteiger partial charge in [0.1, 0.15) is 0 Å². The van der Waals surface area contributed by atoms with Crippen LogP contribution in [-0.2, 0) is 10.0 Å². The number of carbonyl (C=O) groups excluding carboxylic acids is 1. The molecule has 0 aliphatic rings. The van der Waals surface area contributed by atoms with E-state index in [2.05, 4.69) is 21.2 Å². The summed E-state index contributed by atoms with van der Waals surface area (Å²) >= 11 is 3.23. The third kappa shape index (κ3) is 3.26. The fourth-order valence-corrected chi connectivity index (χ4v) is 3.31. The second-order valence-electron chi connectivity index (χ2n) is 4.02. The van der Waals surface area contributed by atoms with Crippen molar-refractivity contribution in [3.05, 3.63) is 22.7 Å². The molecular weight excluding hydrogens is 334 g/mol. The van der Waals surface area contributed by atoms with Gasteiger partial charge in [0.25, 0.3) is 0 Å². The Morgan fingerprint density at radius 2 is 1.84 bits per heavy atom. The fraction of sp³-hybridized carbons (Fsp3) is 0.364. The van der Waals surface area contributed by atoms with Gasteiger partial charge < -0.3 is 5.32 Å². The third-order valence-electron chi connectivity index (χ3n) is 2.58. The molecule has 0 saturated carbocycles. The largest absolute Gasteiger partial charge is 0.341 e. The smallest absolute Gasteiger partial charge is 0.321 e. The zero-order valence-corrected chi connectivity index (χ0v) is 13.5. The van der Waals surface area contributed by atoms with E-state index in [1.54, 1.807) is 19.2 Å². The van der Waals surface area contributed by atoms with Crippen LogP contribution in [-0.4, -0.2) is 46.9 Å². The van der Waals surface area contributed by atoms with Crippen LogP contribution in [0, 0.1) is 0 Å². The second-order valence-corrected chi connectivity index (χ2v) is 6.99. The first-order valence-electron chi connectivity index (χ1n) is 5.39. The van der Waals surface area contributed by atoms with Crippen molar-refractivity contribution in [1.29, 1.82) is 0 Å². The summed E-state index contributed by atoms with van der Waals surface area (Å²) in [6.07, 6.45) is 0. The lowest BCUT2D eigenvalue weighted by Gasteiger charge is -2.18. The average molecular weight is 350 g/mol. The fourth-order valence-electron chi connectivity index (χ4n) is 1.39. The minimum atomic E-state index is -3.51. The van der Waals surface area contributed by atoms with Gasteiger partial charge in [-0.3, -0.25) is 4.90 Å². The number of halogens is 1. The van der Waals surface area contributed by atoms with E-state index in [9.17, 15) is 13.2 Å². The van der Waals surface area contributed by atoms with E-state index in [4.69, 9.17) is 0 Å². The highest BCUT2D eigenvalue weighted by atomic mass is 79.9. The van der Waals surface area contributed by atoms with E-state index in [1.807, 2.05) is 0 Å². The van der Waals surface area contributed by atoms with Gasteiger partial charge in [-0.15, -0.1) is 0 Å². The zero-order chi connectivity index (χ0) is 14.8. The maximum atomic E-state index is 12.0. The lowest BCUT2D eigenvalue weighted by molar-refractivity contribution is 0.249. The number of carbonyl (C=O) groups is 1. The molecule has 1 aromatic carbocycles. The molecular formula is C11H16BrN3O3S. The van der Waals surface area contributed by atoms with Gasteiger partial charge >= 0.3 is 6.03 Å². The molecule has 0 spiro atoms. The molecule has 1 aromatic rings. The molecule has 0 bridgehead atoms. The molecule has 0 aromatic heterocycles. The number of hydrogen-bond acceptors (Lipinski definition) is 3. The van der Waals surface area contributed by atoms with Crippen molar-refractivity contribution in [2.24, 2.45) is 0 Å². The van der Waals surface area contributed by atoms with Gasteiger partial charge in [-0.2, -0.15) is 0 Å². The Bertz CT molecular complexity index is 587. The van der Waals surface area contributed by atoms with Crippen molar-refractivity contribution in [1.82, 2.24) is 9.62 Å². The van der Waals surface area contributed by atoms with Crippen molar-refractivity contribution in [3.8, 4) is 0 Å². The van der Waals surface area contributed by atoms with E-state index in [-0.39, 0.29) is 10.9 Å². The van der Waals surface area contributed by atoms with Crippen molar-refractivity contribution < 1.29 is 13.2 Å². The Hall–Kier alpha value is -1.12. The molecule has 2 amide bonds. The van der Waals surface area contributed by atoms with Gasteiger partial charge in [0, 0.05) is 38.4 Å². The topological polar surface area (TPSA) is 69.7 Å². The Morgan fingerprint density at radius 1 is 1.26 bits per heavy atom. The number of anilines is 1. The third-order valence-corrected chi connectivity index (χ3v) is 5.37. The summed E-state index contributed by atoms with van der Waals surface area (Å²) in [5.74, 6) is 0. The SMILES string of the molecule is CNC(=O)N(C)c1ccc(S(=O)(=O)N(C)C)c(Br)c1. The highest BCUT2D eigenvalue weighted by Crippen LogP contribution is 2.28.